The van der Waals surface area contributed by atoms with E-state index in [0.29, 0.717) is 21.8 Å². The number of aryl methyl sites for hydroxylation is 3. The smallest absolute Gasteiger partial charge is 0.264 e. The summed E-state index contributed by atoms with van der Waals surface area (Å²) in [5, 5.41) is 3.66. The largest absolute Gasteiger partial charge is 0.352 e. The zero-order valence-corrected chi connectivity index (χ0v) is 28.7. The van der Waals surface area contributed by atoms with Crippen LogP contribution in [0.4, 0.5) is 5.69 Å². The van der Waals surface area contributed by atoms with Crippen LogP contribution in [-0.4, -0.2) is 43.8 Å². The molecule has 1 N–H and O–H groups in total. The number of carbonyl (C=O) groups excluding carboxylic acids is 2. The van der Waals surface area contributed by atoms with Crippen LogP contribution in [0.3, 0.4) is 0 Å². The van der Waals surface area contributed by atoms with Gasteiger partial charge in [0, 0.05) is 24.0 Å². The van der Waals surface area contributed by atoms with Gasteiger partial charge in [-0.15, -0.1) is 0 Å². The van der Waals surface area contributed by atoms with Gasteiger partial charge in [0.2, 0.25) is 11.8 Å². The van der Waals surface area contributed by atoms with Gasteiger partial charge < -0.3 is 10.2 Å². The molecule has 47 heavy (non-hydrogen) atoms. The molecule has 9 heteroatoms. The van der Waals surface area contributed by atoms with Crippen LogP contribution in [0.2, 0.25) is 5.02 Å². The maximum Gasteiger partial charge on any atom is 0.264 e. The first kappa shape index (κ1) is 34.2. The molecule has 0 aromatic heterocycles. The van der Waals surface area contributed by atoms with Crippen molar-refractivity contribution in [3.63, 3.8) is 0 Å². The third-order valence-corrected chi connectivity index (χ3v) is 10.9. The Bertz CT molecular complexity index is 1810. The first-order valence-corrected chi connectivity index (χ1v) is 17.9. The molecule has 4 aromatic rings. The number of hydrogen-bond donors (Lipinski definition) is 1. The van der Waals surface area contributed by atoms with Crippen LogP contribution in [0.5, 0.6) is 0 Å². The normalized spacial score (nSPS) is 14.0. The van der Waals surface area contributed by atoms with E-state index in [-0.39, 0.29) is 29.8 Å². The van der Waals surface area contributed by atoms with Crippen molar-refractivity contribution < 1.29 is 18.0 Å². The lowest BCUT2D eigenvalue weighted by Crippen LogP contribution is -2.54. The minimum absolute atomic E-state index is 0.0272. The standard InChI is InChI=1S/C38H42ClN3O4S/c1-27-17-20-33(21-18-27)47(45,46)42(35-22-19-28(2)23-29(35)3)26-37(43)41(25-31-13-7-10-16-34(31)39)36(24-30-11-5-4-6-12-30)38(44)40-32-14-8-9-15-32/h4-7,10-13,16-23,32,36H,8-9,14-15,24-26H2,1-3H3,(H,40,44)/t36-/m1/s1. The maximum absolute atomic E-state index is 14.7. The molecular formula is C38H42ClN3O4S. The van der Waals surface area contributed by atoms with Gasteiger partial charge in [-0.3, -0.25) is 13.9 Å². The number of nitrogens with zero attached hydrogens (tertiary/aromatic N) is 2. The topological polar surface area (TPSA) is 86.8 Å². The molecule has 1 atom stereocenters. The molecule has 0 spiro atoms. The molecule has 0 unspecified atom stereocenters. The highest BCUT2D eigenvalue weighted by atomic mass is 35.5. The summed E-state index contributed by atoms with van der Waals surface area (Å²) < 4.78 is 29.8. The molecule has 5 rings (SSSR count). The molecule has 7 nitrogen and oxygen atoms in total. The zero-order chi connectivity index (χ0) is 33.6. The Morgan fingerprint density at radius 1 is 0.851 bits per heavy atom. The van der Waals surface area contributed by atoms with Crippen LogP contribution in [0, 0.1) is 20.8 Å². The van der Waals surface area contributed by atoms with E-state index in [2.05, 4.69) is 5.32 Å². The Kier molecular flexibility index (Phi) is 11.0. The second-order valence-electron chi connectivity index (χ2n) is 12.4. The highest BCUT2D eigenvalue weighted by Gasteiger charge is 2.36. The van der Waals surface area contributed by atoms with E-state index in [9.17, 15) is 18.0 Å². The molecular weight excluding hydrogens is 630 g/mol. The fourth-order valence-electron chi connectivity index (χ4n) is 6.17. The highest BCUT2D eigenvalue weighted by molar-refractivity contribution is 7.92. The van der Waals surface area contributed by atoms with Gasteiger partial charge in [-0.2, -0.15) is 0 Å². The maximum atomic E-state index is 14.7. The molecule has 4 aromatic carbocycles. The number of nitrogens with one attached hydrogen (secondary N) is 1. The van der Waals surface area contributed by atoms with Crippen molar-refractivity contribution in [3.05, 3.63) is 130 Å². The van der Waals surface area contributed by atoms with Crippen molar-refractivity contribution in [2.24, 2.45) is 0 Å². The number of anilines is 1. The monoisotopic (exact) mass is 671 g/mol. The quantitative estimate of drug-likeness (QED) is 0.173. The van der Waals surface area contributed by atoms with E-state index in [1.807, 2.05) is 81.4 Å². The lowest BCUT2D eigenvalue weighted by Gasteiger charge is -2.35. The lowest BCUT2D eigenvalue weighted by molar-refractivity contribution is -0.140. The molecule has 0 heterocycles. The van der Waals surface area contributed by atoms with Crippen LogP contribution in [-0.2, 0) is 32.6 Å². The summed E-state index contributed by atoms with van der Waals surface area (Å²) in [5.74, 6) is -0.774. The SMILES string of the molecule is Cc1ccc(S(=O)(=O)N(CC(=O)N(Cc2ccccc2Cl)[C@H](Cc2ccccc2)C(=O)NC2CCCC2)c2ccc(C)cc2C)cc1. The van der Waals surface area contributed by atoms with Crippen LogP contribution in [0.1, 0.15) is 53.5 Å². The second-order valence-corrected chi connectivity index (χ2v) is 14.7. The molecule has 1 saturated carbocycles. The average Bonchev–Trinajstić information content (AvgIpc) is 3.56. The number of benzene rings is 4. The number of amides is 2. The molecule has 0 bridgehead atoms. The van der Waals surface area contributed by atoms with Gasteiger partial charge >= 0.3 is 0 Å². The van der Waals surface area contributed by atoms with E-state index < -0.39 is 28.5 Å². The third kappa shape index (κ3) is 8.42. The molecule has 1 aliphatic carbocycles. The van der Waals surface area contributed by atoms with Gasteiger partial charge in [-0.25, -0.2) is 8.42 Å². The summed E-state index contributed by atoms with van der Waals surface area (Å²) in [6.45, 7) is 5.17. The molecule has 1 aliphatic rings. The fraction of sp³-hybridized carbons (Fsp3) is 0.316. The number of hydrogen-bond acceptors (Lipinski definition) is 4. The van der Waals surface area contributed by atoms with Crippen LogP contribution in [0.25, 0.3) is 0 Å². The van der Waals surface area contributed by atoms with Gasteiger partial charge in [0.1, 0.15) is 12.6 Å². The molecule has 1 fully saturated rings. The minimum atomic E-state index is -4.18. The van der Waals surface area contributed by atoms with Crippen molar-refractivity contribution in [1.29, 1.82) is 0 Å². The van der Waals surface area contributed by atoms with Gasteiger partial charge in [0.25, 0.3) is 10.0 Å². The van der Waals surface area contributed by atoms with E-state index in [4.69, 9.17) is 11.6 Å². The molecule has 246 valence electrons. The van der Waals surface area contributed by atoms with Crippen molar-refractivity contribution >= 4 is 39.1 Å². The zero-order valence-electron chi connectivity index (χ0n) is 27.2. The second kappa shape index (κ2) is 15.2. The number of sulfonamides is 1. The Hall–Kier alpha value is -4.14. The molecule has 0 saturated heterocycles. The summed E-state index contributed by atoms with van der Waals surface area (Å²) in [6.07, 6.45) is 4.11. The minimum Gasteiger partial charge on any atom is -0.352 e. The van der Waals surface area contributed by atoms with Gasteiger partial charge in [-0.1, -0.05) is 108 Å². The molecule has 2 amide bonds. The van der Waals surface area contributed by atoms with Gasteiger partial charge in [0.15, 0.2) is 0 Å². The summed E-state index contributed by atoms with van der Waals surface area (Å²) in [6, 6.07) is 27.9. The average molecular weight is 672 g/mol. The Morgan fingerprint density at radius 3 is 2.15 bits per heavy atom. The Balaban J connectivity index is 1.59. The summed E-state index contributed by atoms with van der Waals surface area (Å²) in [5.41, 5.74) is 4.55. The van der Waals surface area contributed by atoms with E-state index in [1.165, 1.54) is 9.21 Å². The predicted molar refractivity (Wildman–Crippen MR) is 188 cm³/mol. The summed E-state index contributed by atoms with van der Waals surface area (Å²) >= 11 is 6.61. The van der Waals surface area contributed by atoms with Crippen LogP contribution >= 0.6 is 11.6 Å². The fourth-order valence-corrected chi connectivity index (χ4v) is 7.84. The first-order valence-electron chi connectivity index (χ1n) is 16.1. The van der Waals surface area contributed by atoms with Crippen molar-refractivity contribution in [2.45, 2.75) is 76.4 Å². The van der Waals surface area contributed by atoms with Gasteiger partial charge in [-0.05, 0) is 74.6 Å². The lowest BCUT2D eigenvalue weighted by atomic mass is 10.0. The number of halogens is 1. The summed E-state index contributed by atoms with van der Waals surface area (Å²) in [4.78, 5) is 30.5. The van der Waals surface area contributed by atoms with Gasteiger partial charge in [0.05, 0.1) is 10.6 Å². The first-order chi connectivity index (χ1) is 22.5. The van der Waals surface area contributed by atoms with Crippen molar-refractivity contribution in [2.75, 3.05) is 10.8 Å². The number of rotatable bonds is 12. The Morgan fingerprint density at radius 2 is 1.49 bits per heavy atom. The van der Waals surface area contributed by atoms with Crippen LogP contribution < -0.4 is 9.62 Å². The van der Waals surface area contributed by atoms with Crippen molar-refractivity contribution in [1.82, 2.24) is 10.2 Å². The van der Waals surface area contributed by atoms with Crippen LogP contribution in [0.15, 0.2) is 102 Å². The summed E-state index contributed by atoms with van der Waals surface area (Å²) in [7, 11) is -4.18. The van der Waals surface area contributed by atoms with E-state index in [1.54, 1.807) is 36.4 Å². The van der Waals surface area contributed by atoms with Crippen molar-refractivity contribution in [3.8, 4) is 0 Å². The molecule has 0 aliphatic heterocycles. The third-order valence-electron chi connectivity index (χ3n) is 8.78. The Labute approximate surface area is 283 Å². The molecule has 0 radical (unpaired) electrons. The predicted octanol–water partition coefficient (Wildman–Crippen LogP) is 7.16. The number of carbonyl (C=O) groups is 2. The highest BCUT2D eigenvalue weighted by Crippen LogP contribution is 2.29. The van der Waals surface area contributed by atoms with E-state index in [0.717, 1.165) is 42.4 Å². The van der Waals surface area contributed by atoms with E-state index >= 15 is 0 Å².